The van der Waals surface area contributed by atoms with E-state index in [1.165, 1.54) is 24.5 Å². The van der Waals surface area contributed by atoms with Gasteiger partial charge in [-0.25, -0.2) is 0 Å². The van der Waals surface area contributed by atoms with Gasteiger partial charge in [-0.2, -0.15) is 0 Å². The second-order valence-corrected chi connectivity index (χ2v) is 6.13. The van der Waals surface area contributed by atoms with E-state index < -0.39 is 0 Å². The van der Waals surface area contributed by atoms with Crippen molar-refractivity contribution in [3.63, 3.8) is 0 Å². The minimum absolute atomic E-state index is 1.30. The van der Waals surface area contributed by atoms with E-state index in [0.29, 0.717) is 0 Å². The molecule has 0 bridgehead atoms. The van der Waals surface area contributed by atoms with Gasteiger partial charge in [-0.15, -0.1) is 0 Å². The van der Waals surface area contributed by atoms with Gasteiger partial charge in [0.2, 0.25) is 0 Å². The van der Waals surface area contributed by atoms with Gasteiger partial charge in [-0.3, -0.25) is 0 Å². The van der Waals surface area contributed by atoms with Crippen LogP contribution in [0.3, 0.4) is 0 Å². The molecule has 2 rings (SSSR count). The lowest BCUT2D eigenvalue weighted by atomic mass is 10.2. The van der Waals surface area contributed by atoms with Crippen LogP contribution in [0.15, 0.2) is 52.3 Å². The predicted molar refractivity (Wildman–Crippen MR) is 79.2 cm³/mol. The molecule has 0 aromatic heterocycles. The first-order valence-electron chi connectivity index (χ1n) is 5.16. The Balaban J connectivity index is 2.23. The molecule has 2 aromatic rings. The van der Waals surface area contributed by atoms with E-state index >= 15 is 0 Å². The van der Waals surface area contributed by atoms with E-state index in [2.05, 4.69) is 78.9 Å². The fourth-order valence-electron chi connectivity index (χ4n) is 1.42. The van der Waals surface area contributed by atoms with E-state index in [4.69, 9.17) is 0 Å². The molecule has 0 heterocycles. The molecular formula is C14H13IS. The number of benzene rings is 2. The fourth-order valence-corrected chi connectivity index (χ4v) is 3.24. The Labute approximate surface area is 115 Å². The summed E-state index contributed by atoms with van der Waals surface area (Å²) in [6.07, 6.45) is 0. The maximum absolute atomic E-state index is 2.40. The molecule has 2 heteroatoms. The van der Waals surface area contributed by atoms with Gasteiger partial charge in [-0.1, -0.05) is 41.1 Å². The number of hydrogen-bond acceptors (Lipinski definition) is 1. The zero-order valence-corrected chi connectivity index (χ0v) is 12.3. The first kappa shape index (κ1) is 12.0. The Bertz CT molecular complexity index is 489. The van der Waals surface area contributed by atoms with Crippen LogP contribution < -0.4 is 0 Å². The lowest BCUT2D eigenvalue weighted by Gasteiger charge is -2.05. The van der Waals surface area contributed by atoms with Crippen LogP contribution in [0, 0.1) is 17.4 Å². The Kier molecular flexibility index (Phi) is 3.92. The zero-order valence-electron chi connectivity index (χ0n) is 9.33. The summed E-state index contributed by atoms with van der Waals surface area (Å²) in [6, 6.07) is 15.2. The summed E-state index contributed by atoms with van der Waals surface area (Å²) in [6.45, 7) is 4.24. The highest BCUT2D eigenvalue weighted by atomic mass is 127. The van der Waals surface area contributed by atoms with Gasteiger partial charge in [0.1, 0.15) is 0 Å². The van der Waals surface area contributed by atoms with Gasteiger partial charge in [0.25, 0.3) is 0 Å². The van der Waals surface area contributed by atoms with Crippen molar-refractivity contribution in [3.8, 4) is 0 Å². The van der Waals surface area contributed by atoms with E-state index in [1.54, 1.807) is 0 Å². The molecule has 0 fully saturated rings. The molecule has 0 nitrogen and oxygen atoms in total. The quantitative estimate of drug-likeness (QED) is 0.689. The highest BCUT2D eigenvalue weighted by molar-refractivity contribution is 14.1. The molecule has 2 aromatic carbocycles. The topological polar surface area (TPSA) is 0 Å². The number of rotatable bonds is 2. The fraction of sp³-hybridized carbons (Fsp3) is 0.143. The average molecular weight is 340 g/mol. The molecule has 0 amide bonds. The minimum atomic E-state index is 1.30. The highest BCUT2D eigenvalue weighted by Gasteiger charge is 2.02. The van der Waals surface area contributed by atoms with E-state index in [1.807, 2.05) is 11.8 Å². The summed E-state index contributed by atoms with van der Waals surface area (Å²) in [5.74, 6) is 0. The summed E-state index contributed by atoms with van der Waals surface area (Å²) < 4.78 is 1.32. The minimum Gasteiger partial charge on any atom is -0.0890 e. The van der Waals surface area contributed by atoms with Crippen LogP contribution in [0.4, 0.5) is 0 Å². The van der Waals surface area contributed by atoms with Gasteiger partial charge < -0.3 is 0 Å². The van der Waals surface area contributed by atoms with Crippen molar-refractivity contribution in [1.82, 2.24) is 0 Å². The summed E-state index contributed by atoms with van der Waals surface area (Å²) in [5, 5.41) is 0. The average Bonchev–Trinajstić information content (AvgIpc) is 2.25. The van der Waals surface area contributed by atoms with Crippen molar-refractivity contribution in [1.29, 1.82) is 0 Å². The van der Waals surface area contributed by atoms with Crippen LogP contribution in [0.2, 0.25) is 0 Å². The Morgan fingerprint density at radius 1 is 0.875 bits per heavy atom. The largest absolute Gasteiger partial charge is 0.0890 e. The molecular weight excluding hydrogens is 327 g/mol. The predicted octanol–water partition coefficient (Wildman–Crippen LogP) is 5.06. The van der Waals surface area contributed by atoms with Crippen molar-refractivity contribution < 1.29 is 0 Å². The molecule has 0 aliphatic rings. The third-order valence-electron chi connectivity index (χ3n) is 2.34. The van der Waals surface area contributed by atoms with Crippen LogP contribution in [0.1, 0.15) is 11.1 Å². The second kappa shape index (κ2) is 5.23. The Morgan fingerprint density at radius 3 is 2.12 bits per heavy atom. The molecule has 0 saturated heterocycles. The van der Waals surface area contributed by atoms with Crippen LogP contribution in [0.5, 0.6) is 0 Å². The standard InChI is InChI=1S/C14H13IS/c1-10-3-6-12(7-4-10)16-14-8-5-11(2)9-13(14)15/h3-9H,1-2H3. The van der Waals surface area contributed by atoms with Crippen molar-refractivity contribution in [2.45, 2.75) is 23.6 Å². The van der Waals surface area contributed by atoms with Gasteiger partial charge in [0.05, 0.1) is 0 Å². The van der Waals surface area contributed by atoms with Gasteiger partial charge in [-0.05, 0) is 60.7 Å². The first-order valence-corrected chi connectivity index (χ1v) is 7.05. The molecule has 82 valence electrons. The van der Waals surface area contributed by atoms with Crippen LogP contribution in [0.25, 0.3) is 0 Å². The lowest BCUT2D eigenvalue weighted by Crippen LogP contribution is -1.81. The molecule has 0 aliphatic heterocycles. The van der Waals surface area contributed by atoms with E-state index in [0.717, 1.165) is 0 Å². The summed E-state index contributed by atoms with van der Waals surface area (Å²) in [7, 11) is 0. The van der Waals surface area contributed by atoms with Gasteiger partial charge in [0.15, 0.2) is 0 Å². The van der Waals surface area contributed by atoms with Crippen molar-refractivity contribution in [2.24, 2.45) is 0 Å². The Morgan fingerprint density at radius 2 is 1.50 bits per heavy atom. The number of hydrogen-bond donors (Lipinski definition) is 0. The van der Waals surface area contributed by atoms with Crippen molar-refractivity contribution >= 4 is 34.4 Å². The Hall–Kier alpha value is -0.480. The number of aryl methyl sites for hydroxylation is 2. The third-order valence-corrected chi connectivity index (χ3v) is 4.68. The molecule has 0 aliphatic carbocycles. The van der Waals surface area contributed by atoms with Crippen molar-refractivity contribution in [3.05, 3.63) is 57.2 Å². The molecule has 0 saturated carbocycles. The molecule has 0 unspecified atom stereocenters. The maximum Gasteiger partial charge on any atom is 0.0272 e. The van der Waals surface area contributed by atoms with Crippen molar-refractivity contribution in [2.75, 3.05) is 0 Å². The normalized spacial score (nSPS) is 10.4. The molecule has 0 radical (unpaired) electrons. The SMILES string of the molecule is Cc1ccc(Sc2ccc(C)cc2I)cc1. The van der Waals surface area contributed by atoms with Gasteiger partial charge in [0, 0.05) is 13.4 Å². The van der Waals surface area contributed by atoms with Crippen LogP contribution >= 0.6 is 34.4 Å². The van der Waals surface area contributed by atoms with Gasteiger partial charge >= 0.3 is 0 Å². The van der Waals surface area contributed by atoms with Crippen LogP contribution in [-0.2, 0) is 0 Å². The number of halogens is 1. The van der Waals surface area contributed by atoms with E-state index in [9.17, 15) is 0 Å². The first-order chi connectivity index (χ1) is 7.65. The molecule has 0 atom stereocenters. The zero-order chi connectivity index (χ0) is 11.5. The molecule has 0 spiro atoms. The monoisotopic (exact) mass is 340 g/mol. The summed E-state index contributed by atoms with van der Waals surface area (Å²) in [5.41, 5.74) is 2.63. The maximum atomic E-state index is 2.40. The lowest BCUT2D eigenvalue weighted by molar-refractivity contribution is 1.31. The second-order valence-electron chi connectivity index (χ2n) is 3.85. The van der Waals surface area contributed by atoms with E-state index in [-0.39, 0.29) is 0 Å². The summed E-state index contributed by atoms with van der Waals surface area (Å²) in [4.78, 5) is 2.63. The molecule has 16 heavy (non-hydrogen) atoms. The molecule has 0 N–H and O–H groups in total. The third kappa shape index (κ3) is 3.01. The highest BCUT2D eigenvalue weighted by Crippen LogP contribution is 2.31. The smallest absolute Gasteiger partial charge is 0.0272 e. The summed E-state index contributed by atoms with van der Waals surface area (Å²) >= 11 is 4.22. The van der Waals surface area contributed by atoms with Crippen LogP contribution in [-0.4, -0.2) is 0 Å².